The van der Waals surface area contributed by atoms with Gasteiger partial charge in [-0.2, -0.15) is 0 Å². The first-order valence-electron chi connectivity index (χ1n) is 9.42. The third-order valence-electron chi connectivity index (χ3n) is 5.17. The standard InChI is InChI=1S/C19H25N5O4/c1-12-5-4-10-24(11-12)15(25)8-9-20-17(26)14-7-6-13-16(21-14)22(2)19(28)23(3)18(13)27/h6-7,12H,4-5,8-11H2,1-3H3,(H,20,26). The van der Waals surface area contributed by atoms with E-state index in [0.717, 1.165) is 30.5 Å². The van der Waals surface area contributed by atoms with Gasteiger partial charge in [0.25, 0.3) is 11.5 Å². The number of carbonyl (C=O) groups excluding carboxylic acids is 2. The van der Waals surface area contributed by atoms with Crippen LogP contribution >= 0.6 is 0 Å². The minimum Gasteiger partial charge on any atom is -0.350 e. The predicted octanol–water partition coefficient (Wildman–Crippen LogP) is 0.0106. The molecule has 0 radical (unpaired) electrons. The zero-order valence-corrected chi connectivity index (χ0v) is 16.4. The smallest absolute Gasteiger partial charge is 0.332 e. The molecule has 9 nitrogen and oxygen atoms in total. The van der Waals surface area contributed by atoms with E-state index in [9.17, 15) is 19.2 Å². The quantitative estimate of drug-likeness (QED) is 0.795. The summed E-state index contributed by atoms with van der Waals surface area (Å²) >= 11 is 0. The van der Waals surface area contributed by atoms with Gasteiger partial charge in [-0.25, -0.2) is 9.78 Å². The predicted molar refractivity (Wildman–Crippen MR) is 104 cm³/mol. The maximum Gasteiger partial charge on any atom is 0.332 e. The minimum absolute atomic E-state index is 0.0317. The lowest BCUT2D eigenvalue weighted by molar-refractivity contribution is -0.132. The highest BCUT2D eigenvalue weighted by Gasteiger charge is 2.21. The molecule has 0 aromatic carbocycles. The second-order valence-corrected chi connectivity index (χ2v) is 7.37. The molecule has 1 aliphatic rings. The highest BCUT2D eigenvalue weighted by Crippen LogP contribution is 2.16. The van der Waals surface area contributed by atoms with Gasteiger partial charge >= 0.3 is 5.69 Å². The normalized spacial score (nSPS) is 17.0. The van der Waals surface area contributed by atoms with E-state index in [4.69, 9.17) is 0 Å². The van der Waals surface area contributed by atoms with Crippen LogP contribution in [0.4, 0.5) is 0 Å². The Morgan fingerprint density at radius 2 is 1.96 bits per heavy atom. The number of rotatable bonds is 4. The van der Waals surface area contributed by atoms with Crippen LogP contribution < -0.4 is 16.6 Å². The van der Waals surface area contributed by atoms with Crippen LogP contribution in [0.25, 0.3) is 11.0 Å². The fourth-order valence-corrected chi connectivity index (χ4v) is 3.53. The molecule has 0 aliphatic carbocycles. The Labute approximate surface area is 162 Å². The van der Waals surface area contributed by atoms with E-state index in [1.54, 1.807) is 0 Å². The average Bonchev–Trinajstić information content (AvgIpc) is 2.70. The first kappa shape index (κ1) is 19.8. The maximum atomic E-state index is 12.4. The Morgan fingerprint density at radius 1 is 1.21 bits per heavy atom. The second-order valence-electron chi connectivity index (χ2n) is 7.37. The fraction of sp³-hybridized carbons (Fsp3) is 0.526. The second kappa shape index (κ2) is 7.95. The number of likely N-dealkylation sites (tertiary alicyclic amines) is 1. The first-order chi connectivity index (χ1) is 13.3. The van der Waals surface area contributed by atoms with Crippen LogP contribution in [0.2, 0.25) is 0 Å². The van der Waals surface area contributed by atoms with Gasteiger partial charge in [-0.1, -0.05) is 6.92 Å². The Bertz CT molecular complexity index is 1040. The van der Waals surface area contributed by atoms with Crippen molar-refractivity contribution in [3.05, 3.63) is 38.7 Å². The van der Waals surface area contributed by atoms with E-state index in [1.165, 1.54) is 30.8 Å². The number of fused-ring (bicyclic) bond motifs is 1. The summed E-state index contributed by atoms with van der Waals surface area (Å²) < 4.78 is 2.23. The maximum absolute atomic E-state index is 12.4. The molecule has 1 N–H and O–H groups in total. The van der Waals surface area contributed by atoms with Crippen LogP contribution in [0, 0.1) is 5.92 Å². The van der Waals surface area contributed by atoms with E-state index in [0.29, 0.717) is 5.92 Å². The van der Waals surface area contributed by atoms with Crippen molar-refractivity contribution >= 4 is 22.8 Å². The molecule has 2 aromatic heterocycles. The number of hydrogen-bond acceptors (Lipinski definition) is 5. The number of pyridine rings is 1. The number of aromatic nitrogens is 3. The number of hydrogen-bond donors (Lipinski definition) is 1. The Balaban J connectivity index is 1.68. The summed E-state index contributed by atoms with van der Waals surface area (Å²) in [7, 11) is 2.89. The molecule has 1 unspecified atom stereocenters. The molecule has 0 spiro atoms. The summed E-state index contributed by atoms with van der Waals surface area (Å²) in [4.78, 5) is 54.9. The lowest BCUT2D eigenvalue weighted by Gasteiger charge is -2.31. The molecule has 1 fully saturated rings. The Hall–Kier alpha value is -2.97. The van der Waals surface area contributed by atoms with Crippen LogP contribution in [-0.4, -0.2) is 50.5 Å². The molecule has 1 atom stereocenters. The van der Waals surface area contributed by atoms with E-state index in [-0.39, 0.29) is 35.6 Å². The number of piperidine rings is 1. The van der Waals surface area contributed by atoms with Gasteiger partial charge in [0.15, 0.2) is 0 Å². The van der Waals surface area contributed by atoms with Crippen molar-refractivity contribution in [2.75, 3.05) is 19.6 Å². The molecule has 9 heteroatoms. The van der Waals surface area contributed by atoms with Crippen LogP contribution in [0.5, 0.6) is 0 Å². The van der Waals surface area contributed by atoms with Crippen molar-refractivity contribution in [3.8, 4) is 0 Å². The molecule has 1 saturated heterocycles. The Morgan fingerprint density at radius 3 is 2.68 bits per heavy atom. The molecule has 0 bridgehead atoms. The SMILES string of the molecule is CC1CCCN(C(=O)CCNC(=O)c2ccc3c(=O)n(C)c(=O)n(C)c3n2)C1. The third-order valence-corrected chi connectivity index (χ3v) is 5.17. The molecule has 1 aliphatic heterocycles. The van der Waals surface area contributed by atoms with Crippen molar-refractivity contribution in [1.29, 1.82) is 0 Å². The first-order valence-corrected chi connectivity index (χ1v) is 9.42. The van der Waals surface area contributed by atoms with Gasteiger partial charge in [0.05, 0.1) is 5.39 Å². The van der Waals surface area contributed by atoms with Gasteiger partial charge in [-0.05, 0) is 30.9 Å². The van der Waals surface area contributed by atoms with Crippen molar-refractivity contribution in [1.82, 2.24) is 24.3 Å². The minimum atomic E-state index is -0.510. The third kappa shape index (κ3) is 3.83. The summed E-state index contributed by atoms with van der Waals surface area (Å²) in [5.41, 5.74) is -0.725. The molecule has 2 aromatic rings. The van der Waals surface area contributed by atoms with Gasteiger partial charge in [-0.3, -0.25) is 23.5 Å². The van der Waals surface area contributed by atoms with Crippen molar-refractivity contribution in [2.45, 2.75) is 26.2 Å². The van der Waals surface area contributed by atoms with Gasteiger partial charge < -0.3 is 10.2 Å². The van der Waals surface area contributed by atoms with Crippen molar-refractivity contribution in [3.63, 3.8) is 0 Å². The van der Waals surface area contributed by atoms with Crippen LogP contribution in [0.1, 0.15) is 36.7 Å². The lowest BCUT2D eigenvalue weighted by Crippen LogP contribution is -2.40. The summed E-state index contributed by atoms with van der Waals surface area (Å²) in [5, 5.41) is 2.95. The van der Waals surface area contributed by atoms with Crippen LogP contribution in [0.3, 0.4) is 0 Å². The van der Waals surface area contributed by atoms with Gasteiger partial charge in [0.1, 0.15) is 11.3 Å². The Kier molecular flexibility index (Phi) is 5.62. The number of carbonyl (C=O) groups is 2. The zero-order chi connectivity index (χ0) is 20.4. The van der Waals surface area contributed by atoms with Gasteiger partial charge in [0.2, 0.25) is 5.91 Å². The number of nitrogens with one attached hydrogen (secondary N) is 1. The number of aryl methyl sites for hydroxylation is 1. The molecule has 150 valence electrons. The number of amides is 2. The summed E-state index contributed by atoms with van der Waals surface area (Å²) in [6.45, 7) is 3.87. The van der Waals surface area contributed by atoms with E-state index < -0.39 is 17.2 Å². The van der Waals surface area contributed by atoms with Crippen LogP contribution in [0.15, 0.2) is 21.7 Å². The summed E-state index contributed by atoms with van der Waals surface area (Å²) in [6.07, 6.45) is 2.38. The fourth-order valence-electron chi connectivity index (χ4n) is 3.53. The topological polar surface area (TPSA) is 106 Å². The summed E-state index contributed by atoms with van der Waals surface area (Å²) in [6, 6.07) is 2.93. The molecular weight excluding hydrogens is 362 g/mol. The zero-order valence-electron chi connectivity index (χ0n) is 16.4. The molecule has 0 saturated carbocycles. The average molecular weight is 387 g/mol. The highest BCUT2D eigenvalue weighted by atomic mass is 16.2. The van der Waals surface area contributed by atoms with Gasteiger partial charge in [-0.15, -0.1) is 0 Å². The monoisotopic (exact) mass is 387 g/mol. The molecule has 2 amide bonds. The largest absolute Gasteiger partial charge is 0.350 e. The molecule has 3 heterocycles. The molecule has 3 rings (SSSR count). The van der Waals surface area contributed by atoms with Gasteiger partial charge in [0, 0.05) is 40.2 Å². The molecular formula is C19H25N5O4. The lowest BCUT2D eigenvalue weighted by atomic mass is 10.00. The van der Waals surface area contributed by atoms with Crippen LogP contribution in [-0.2, 0) is 18.9 Å². The highest BCUT2D eigenvalue weighted by molar-refractivity contribution is 5.94. The number of nitrogens with zero attached hydrogens (tertiary/aromatic N) is 4. The summed E-state index contributed by atoms with van der Waals surface area (Å²) in [5.74, 6) is 0.0903. The van der Waals surface area contributed by atoms with Crippen molar-refractivity contribution in [2.24, 2.45) is 20.0 Å². The van der Waals surface area contributed by atoms with Crippen molar-refractivity contribution < 1.29 is 9.59 Å². The van der Waals surface area contributed by atoms with E-state index in [1.807, 2.05) is 4.90 Å². The van der Waals surface area contributed by atoms with E-state index >= 15 is 0 Å². The van der Waals surface area contributed by atoms with E-state index in [2.05, 4.69) is 17.2 Å². The molecule has 28 heavy (non-hydrogen) atoms.